The first-order valence-electron chi connectivity index (χ1n) is 7.47. The molecule has 1 heterocycles. The van der Waals surface area contributed by atoms with E-state index in [1.54, 1.807) is 0 Å². The van der Waals surface area contributed by atoms with Gasteiger partial charge in [0.25, 0.3) is 0 Å². The van der Waals surface area contributed by atoms with Crippen LogP contribution in [0.3, 0.4) is 0 Å². The molecule has 3 nitrogen and oxygen atoms in total. The van der Waals surface area contributed by atoms with Crippen LogP contribution in [0.15, 0.2) is 12.1 Å². The van der Waals surface area contributed by atoms with Crippen LogP contribution in [0.5, 0.6) is 5.88 Å². The third-order valence-electron chi connectivity index (χ3n) is 3.68. The van der Waals surface area contributed by atoms with Crippen molar-refractivity contribution in [2.24, 2.45) is 5.92 Å². The topological polar surface area (TPSA) is 34.2 Å². The van der Waals surface area contributed by atoms with Gasteiger partial charge in [-0.05, 0) is 39.2 Å². The molecule has 1 aromatic rings. The molecule has 4 heteroatoms. The van der Waals surface area contributed by atoms with Crippen LogP contribution < -0.4 is 10.1 Å². The van der Waals surface area contributed by atoms with Gasteiger partial charge in [0.15, 0.2) is 0 Å². The van der Waals surface area contributed by atoms with Crippen LogP contribution in [-0.4, -0.2) is 17.1 Å². The molecule has 0 spiro atoms. The number of aromatic nitrogens is 1. The lowest BCUT2D eigenvalue weighted by Gasteiger charge is -2.25. The smallest absolute Gasteiger partial charge is 0.213 e. The molecule has 0 radical (unpaired) electrons. The Hall–Kier alpha value is -0.800. The summed E-state index contributed by atoms with van der Waals surface area (Å²) >= 11 is 6.18. The number of rotatable bonds is 6. The van der Waals surface area contributed by atoms with Gasteiger partial charge < -0.3 is 10.1 Å². The maximum absolute atomic E-state index is 6.18. The molecular formula is C16H25ClN2O. The summed E-state index contributed by atoms with van der Waals surface area (Å²) in [5.41, 5.74) is 0.897. The quantitative estimate of drug-likeness (QED) is 0.854. The molecule has 0 aromatic carbocycles. The SMILES string of the molecule is CC(C)(C)NCc1nc(OCCC2CCC2)ccc1Cl. The molecule has 0 bridgehead atoms. The highest BCUT2D eigenvalue weighted by Gasteiger charge is 2.17. The first kappa shape index (κ1) is 15.6. The minimum Gasteiger partial charge on any atom is -0.478 e. The van der Waals surface area contributed by atoms with Gasteiger partial charge in [-0.3, -0.25) is 0 Å². The second kappa shape index (κ2) is 6.77. The summed E-state index contributed by atoms with van der Waals surface area (Å²) in [6.45, 7) is 7.78. The van der Waals surface area contributed by atoms with Crippen molar-refractivity contribution in [2.75, 3.05) is 6.61 Å². The molecule has 1 aromatic heterocycles. The van der Waals surface area contributed by atoms with Crippen molar-refractivity contribution in [3.8, 4) is 5.88 Å². The fraction of sp³-hybridized carbons (Fsp3) is 0.688. The molecule has 0 aliphatic heterocycles. The Kier molecular flexibility index (Phi) is 5.28. The number of hydrogen-bond donors (Lipinski definition) is 1. The van der Waals surface area contributed by atoms with Gasteiger partial charge in [-0.1, -0.05) is 30.9 Å². The first-order chi connectivity index (χ1) is 9.44. The number of hydrogen-bond acceptors (Lipinski definition) is 3. The lowest BCUT2D eigenvalue weighted by Crippen LogP contribution is -2.35. The van der Waals surface area contributed by atoms with E-state index in [2.05, 4.69) is 31.1 Å². The average molecular weight is 297 g/mol. The predicted octanol–water partition coefficient (Wildman–Crippen LogP) is 4.19. The fourth-order valence-electron chi connectivity index (χ4n) is 2.13. The molecule has 0 atom stereocenters. The minimum absolute atomic E-state index is 0.0477. The number of ether oxygens (including phenoxy) is 1. The average Bonchev–Trinajstić information content (AvgIpc) is 2.31. The van der Waals surface area contributed by atoms with Gasteiger partial charge in [0, 0.05) is 18.2 Å². The van der Waals surface area contributed by atoms with E-state index in [9.17, 15) is 0 Å². The maximum atomic E-state index is 6.18. The highest BCUT2D eigenvalue weighted by atomic mass is 35.5. The molecular weight excluding hydrogens is 272 g/mol. The van der Waals surface area contributed by atoms with Gasteiger partial charge >= 0.3 is 0 Å². The first-order valence-corrected chi connectivity index (χ1v) is 7.85. The van der Waals surface area contributed by atoms with Crippen LogP contribution in [0.4, 0.5) is 0 Å². The van der Waals surface area contributed by atoms with Gasteiger partial charge in [0.05, 0.1) is 17.3 Å². The summed E-state index contributed by atoms with van der Waals surface area (Å²) in [5, 5.41) is 4.08. The van der Waals surface area contributed by atoms with Gasteiger partial charge in [0.2, 0.25) is 5.88 Å². The Morgan fingerprint density at radius 2 is 2.10 bits per heavy atom. The number of halogens is 1. The standard InChI is InChI=1S/C16H25ClN2O/c1-16(2,3)18-11-14-13(17)7-8-15(19-14)20-10-9-12-5-4-6-12/h7-8,12,18H,4-6,9-11H2,1-3H3. The van der Waals surface area contributed by atoms with Crippen LogP contribution in [0, 0.1) is 5.92 Å². The van der Waals surface area contributed by atoms with Crippen molar-refractivity contribution in [3.63, 3.8) is 0 Å². The third kappa shape index (κ3) is 4.95. The minimum atomic E-state index is 0.0477. The van der Waals surface area contributed by atoms with Crippen molar-refractivity contribution in [2.45, 2.75) is 58.5 Å². The van der Waals surface area contributed by atoms with Crippen molar-refractivity contribution in [3.05, 3.63) is 22.8 Å². The molecule has 0 unspecified atom stereocenters. The Morgan fingerprint density at radius 3 is 2.70 bits per heavy atom. The molecule has 1 aliphatic carbocycles. The van der Waals surface area contributed by atoms with Gasteiger partial charge in [-0.25, -0.2) is 4.98 Å². The van der Waals surface area contributed by atoms with E-state index < -0.39 is 0 Å². The third-order valence-corrected chi connectivity index (χ3v) is 4.02. The van der Waals surface area contributed by atoms with Gasteiger partial charge in [-0.15, -0.1) is 0 Å². The lowest BCUT2D eigenvalue weighted by atomic mass is 9.83. The molecule has 0 amide bonds. The Bertz CT molecular complexity index is 439. The normalized spacial score (nSPS) is 16.0. The summed E-state index contributed by atoms with van der Waals surface area (Å²) in [4.78, 5) is 4.50. The Morgan fingerprint density at radius 1 is 1.35 bits per heavy atom. The number of nitrogens with zero attached hydrogens (tertiary/aromatic N) is 1. The molecule has 1 aliphatic rings. The molecule has 112 valence electrons. The zero-order valence-corrected chi connectivity index (χ0v) is 13.5. The molecule has 1 saturated carbocycles. The fourth-order valence-corrected chi connectivity index (χ4v) is 2.30. The zero-order chi connectivity index (χ0) is 14.6. The van der Waals surface area contributed by atoms with E-state index in [4.69, 9.17) is 16.3 Å². The van der Waals surface area contributed by atoms with E-state index in [1.807, 2.05) is 12.1 Å². The molecule has 0 saturated heterocycles. The Balaban J connectivity index is 1.86. The Labute approximate surface area is 127 Å². The maximum Gasteiger partial charge on any atom is 0.213 e. The largest absolute Gasteiger partial charge is 0.478 e. The highest BCUT2D eigenvalue weighted by Crippen LogP contribution is 2.29. The number of nitrogens with one attached hydrogen (secondary N) is 1. The summed E-state index contributed by atoms with van der Waals surface area (Å²) in [7, 11) is 0. The summed E-state index contributed by atoms with van der Waals surface area (Å²) < 4.78 is 5.74. The molecule has 20 heavy (non-hydrogen) atoms. The van der Waals surface area contributed by atoms with Crippen molar-refractivity contribution < 1.29 is 4.74 Å². The van der Waals surface area contributed by atoms with Crippen LogP contribution in [0.1, 0.15) is 52.1 Å². The summed E-state index contributed by atoms with van der Waals surface area (Å²) in [6.07, 6.45) is 5.24. The zero-order valence-electron chi connectivity index (χ0n) is 12.7. The van der Waals surface area contributed by atoms with Crippen molar-refractivity contribution in [1.29, 1.82) is 0 Å². The van der Waals surface area contributed by atoms with Crippen LogP contribution in [0.2, 0.25) is 5.02 Å². The van der Waals surface area contributed by atoms with E-state index in [-0.39, 0.29) is 5.54 Å². The van der Waals surface area contributed by atoms with Crippen molar-refractivity contribution in [1.82, 2.24) is 10.3 Å². The molecule has 1 N–H and O–H groups in total. The van der Waals surface area contributed by atoms with E-state index in [0.717, 1.165) is 24.6 Å². The van der Waals surface area contributed by atoms with Gasteiger partial charge in [0.1, 0.15) is 0 Å². The number of pyridine rings is 1. The van der Waals surface area contributed by atoms with Crippen LogP contribution in [0.25, 0.3) is 0 Å². The second-order valence-corrected chi connectivity index (χ2v) is 7.02. The lowest BCUT2D eigenvalue weighted by molar-refractivity contribution is 0.217. The molecule has 1 fully saturated rings. The summed E-state index contributed by atoms with van der Waals surface area (Å²) in [6, 6.07) is 3.72. The second-order valence-electron chi connectivity index (χ2n) is 6.62. The molecule has 2 rings (SSSR count). The van der Waals surface area contributed by atoms with Crippen LogP contribution in [-0.2, 0) is 6.54 Å². The highest BCUT2D eigenvalue weighted by molar-refractivity contribution is 6.31. The van der Waals surface area contributed by atoms with E-state index in [1.165, 1.54) is 19.3 Å². The predicted molar refractivity (Wildman–Crippen MR) is 83.3 cm³/mol. The monoisotopic (exact) mass is 296 g/mol. The van der Waals surface area contributed by atoms with E-state index in [0.29, 0.717) is 17.4 Å². The van der Waals surface area contributed by atoms with Crippen molar-refractivity contribution >= 4 is 11.6 Å². The van der Waals surface area contributed by atoms with Gasteiger partial charge in [-0.2, -0.15) is 0 Å². The van der Waals surface area contributed by atoms with Crippen LogP contribution >= 0.6 is 11.6 Å². The van der Waals surface area contributed by atoms with E-state index >= 15 is 0 Å². The summed E-state index contributed by atoms with van der Waals surface area (Å²) in [5.74, 6) is 1.55.